The second-order valence-corrected chi connectivity index (χ2v) is 6.67. The van der Waals surface area contributed by atoms with Crippen molar-refractivity contribution < 1.29 is 0 Å². The van der Waals surface area contributed by atoms with Gasteiger partial charge in [-0.1, -0.05) is 32.0 Å². The quantitative estimate of drug-likeness (QED) is 0.668. The number of hydrogen-bond donors (Lipinski definition) is 0. The van der Waals surface area contributed by atoms with Crippen molar-refractivity contribution in [3.8, 4) is 0 Å². The molecule has 1 heterocycles. The van der Waals surface area contributed by atoms with Gasteiger partial charge in [-0.15, -0.1) is 0 Å². The largest absolute Gasteiger partial charge is 0.259 e. The van der Waals surface area contributed by atoms with Crippen molar-refractivity contribution in [1.29, 1.82) is 0 Å². The first-order valence-electron chi connectivity index (χ1n) is 5.02. The van der Waals surface area contributed by atoms with Crippen LogP contribution < -0.4 is 0 Å². The zero-order chi connectivity index (χ0) is 9.68. The maximum atomic E-state index is 4.53. The molecule has 1 aromatic heterocycles. The minimum atomic E-state index is -0.155. The number of aromatic nitrogens is 1. The lowest BCUT2D eigenvalue weighted by molar-refractivity contribution is 1.07. The summed E-state index contributed by atoms with van der Waals surface area (Å²) in [6, 6.07) is 10.3. The molecule has 71 valence electrons. The van der Waals surface area contributed by atoms with Crippen LogP contribution in [0.5, 0.6) is 0 Å². The molecule has 0 bridgehead atoms. The molecule has 0 spiro atoms. The van der Waals surface area contributed by atoms with Crippen LogP contribution in [0, 0.1) is 6.92 Å². The van der Waals surface area contributed by atoms with Crippen LogP contribution in [0.1, 0.15) is 25.2 Å². The number of pyridine rings is 1. The number of rotatable bonds is 4. The van der Waals surface area contributed by atoms with Gasteiger partial charge in [0.2, 0.25) is 0 Å². The molecule has 0 aliphatic heterocycles. The highest BCUT2D eigenvalue weighted by Crippen LogP contribution is 2.07. The fourth-order valence-corrected chi connectivity index (χ4v) is 3.16. The van der Waals surface area contributed by atoms with Crippen molar-refractivity contribution in [1.82, 2.24) is 4.98 Å². The van der Waals surface area contributed by atoms with Gasteiger partial charge in [0.15, 0.2) is 0 Å². The Kier molecular flexibility index (Phi) is 4.16. The lowest BCUT2D eigenvalue weighted by Crippen LogP contribution is -2.14. The van der Waals surface area contributed by atoms with E-state index in [1.165, 1.54) is 23.8 Å². The molecular weight excluding hydrogens is 174 g/mol. The molecule has 0 aliphatic carbocycles. The van der Waals surface area contributed by atoms with Gasteiger partial charge < -0.3 is 0 Å². The number of nitrogens with zero attached hydrogens (tertiary/aromatic N) is 1. The molecule has 0 amide bonds. The number of aryl methyl sites for hydroxylation is 1. The van der Waals surface area contributed by atoms with Gasteiger partial charge in [-0.25, -0.2) is 0 Å². The second-order valence-electron chi connectivity index (χ2n) is 3.40. The lowest BCUT2D eigenvalue weighted by Gasteiger charge is -2.09. The van der Waals surface area contributed by atoms with Crippen molar-refractivity contribution >= 4 is 8.80 Å². The monoisotopic (exact) mass is 192 g/mol. The lowest BCUT2D eigenvalue weighted by atomic mass is 10.3. The zero-order valence-corrected chi connectivity index (χ0v) is 9.80. The van der Waals surface area contributed by atoms with Crippen LogP contribution >= 0.6 is 0 Å². The smallest absolute Gasteiger partial charge is 0.0540 e. The summed E-state index contributed by atoms with van der Waals surface area (Å²) in [4.78, 5) is 4.53. The van der Waals surface area contributed by atoms with E-state index >= 15 is 0 Å². The highest BCUT2D eigenvalue weighted by Gasteiger charge is 2.07. The summed E-state index contributed by atoms with van der Waals surface area (Å²) >= 11 is 0. The van der Waals surface area contributed by atoms with E-state index in [0.29, 0.717) is 0 Å². The Bertz CT molecular complexity index is 256. The van der Waals surface area contributed by atoms with Crippen LogP contribution in [0.25, 0.3) is 0 Å². The minimum absolute atomic E-state index is 0.155. The van der Waals surface area contributed by atoms with E-state index in [9.17, 15) is 0 Å². The van der Waals surface area contributed by atoms with Crippen LogP contribution in [0.4, 0.5) is 0 Å². The van der Waals surface area contributed by atoms with Gasteiger partial charge in [0, 0.05) is 11.4 Å². The summed E-state index contributed by atoms with van der Waals surface area (Å²) < 4.78 is 0. The first-order chi connectivity index (χ1) is 6.26. The molecule has 0 aliphatic rings. The Balaban J connectivity index is 2.62. The molecule has 2 heteroatoms. The first-order valence-corrected chi connectivity index (χ1v) is 7.14. The van der Waals surface area contributed by atoms with Crippen LogP contribution in [0.2, 0.25) is 12.1 Å². The van der Waals surface area contributed by atoms with Crippen LogP contribution in [0.3, 0.4) is 0 Å². The molecular formula is C11H18NSi. The fourth-order valence-electron chi connectivity index (χ4n) is 1.45. The third-order valence-electron chi connectivity index (χ3n) is 2.38. The van der Waals surface area contributed by atoms with E-state index in [1.807, 2.05) is 0 Å². The van der Waals surface area contributed by atoms with Crippen molar-refractivity contribution in [2.45, 2.75) is 38.9 Å². The zero-order valence-electron chi connectivity index (χ0n) is 8.80. The fraction of sp³-hybridized carbons (Fsp3) is 0.545. The Morgan fingerprint density at radius 3 is 2.46 bits per heavy atom. The normalized spacial score (nSPS) is 10.8. The van der Waals surface area contributed by atoms with Crippen molar-refractivity contribution in [3.05, 3.63) is 29.6 Å². The van der Waals surface area contributed by atoms with Crippen LogP contribution in [0.15, 0.2) is 18.2 Å². The summed E-state index contributed by atoms with van der Waals surface area (Å²) in [6.45, 7) is 6.66. The SMILES string of the molecule is CC[Si](CC)Cc1cccc(C)n1. The summed E-state index contributed by atoms with van der Waals surface area (Å²) in [5.74, 6) is 0. The molecule has 0 atom stereocenters. The molecule has 13 heavy (non-hydrogen) atoms. The molecule has 0 unspecified atom stereocenters. The van der Waals surface area contributed by atoms with Crippen molar-refractivity contribution in [2.24, 2.45) is 0 Å². The summed E-state index contributed by atoms with van der Waals surface area (Å²) in [5.41, 5.74) is 2.43. The van der Waals surface area contributed by atoms with Gasteiger partial charge in [0.05, 0.1) is 8.80 Å². The molecule has 0 fully saturated rings. The van der Waals surface area contributed by atoms with Crippen LogP contribution in [-0.2, 0) is 6.04 Å². The maximum Gasteiger partial charge on any atom is 0.0540 e. The molecule has 0 saturated heterocycles. The van der Waals surface area contributed by atoms with Crippen LogP contribution in [-0.4, -0.2) is 13.8 Å². The minimum Gasteiger partial charge on any atom is -0.259 e. The van der Waals surface area contributed by atoms with Gasteiger partial charge in [-0.2, -0.15) is 0 Å². The Labute approximate surface area is 82.8 Å². The van der Waals surface area contributed by atoms with E-state index in [2.05, 4.69) is 44.0 Å². The third-order valence-corrected chi connectivity index (χ3v) is 5.24. The predicted octanol–water partition coefficient (Wildman–Crippen LogP) is 3.01. The highest BCUT2D eigenvalue weighted by atomic mass is 28.3. The van der Waals surface area contributed by atoms with Gasteiger partial charge in [0.1, 0.15) is 0 Å². The first kappa shape index (κ1) is 10.4. The van der Waals surface area contributed by atoms with E-state index in [-0.39, 0.29) is 8.80 Å². The average molecular weight is 192 g/mol. The standard InChI is InChI=1S/C11H18NSi/c1-4-13(5-2)9-11-8-6-7-10(3)12-11/h6-8H,4-5,9H2,1-3H3. The Morgan fingerprint density at radius 2 is 1.92 bits per heavy atom. The molecule has 1 radical (unpaired) electrons. The molecule has 0 saturated carbocycles. The van der Waals surface area contributed by atoms with E-state index in [4.69, 9.17) is 0 Å². The summed E-state index contributed by atoms with van der Waals surface area (Å²) in [7, 11) is -0.155. The Morgan fingerprint density at radius 1 is 1.23 bits per heavy atom. The van der Waals surface area contributed by atoms with Crippen molar-refractivity contribution in [3.63, 3.8) is 0 Å². The Hall–Kier alpha value is -0.633. The van der Waals surface area contributed by atoms with E-state index in [0.717, 1.165) is 5.69 Å². The summed E-state index contributed by atoms with van der Waals surface area (Å²) in [6.07, 6.45) is 0. The average Bonchev–Trinajstić information content (AvgIpc) is 2.14. The molecule has 1 aromatic rings. The second kappa shape index (κ2) is 5.17. The highest BCUT2D eigenvalue weighted by molar-refractivity contribution is 6.57. The maximum absolute atomic E-state index is 4.53. The number of hydrogen-bond acceptors (Lipinski definition) is 1. The predicted molar refractivity (Wildman–Crippen MR) is 59.4 cm³/mol. The van der Waals surface area contributed by atoms with Gasteiger partial charge in [-0.05, 0) is 25.1 Å². The molecule has 1 nitrogen and oxygen atoms in total. The summed E-state index contributed by atoms with van der Waals surface area (Å²) in [5, 5.41) is 0. The third kappa shape index (κ3) is 3.31. The van der Waals surface area contributed by atoms with Gasteiger partial charge >= 0.3 is 0 Å². The van der Waals surface area contributed by atoms with Gasteiger partial charge in [-0.3, -0.25) is 4.98 Å². The molecule has 0 aromatic carbocycles. The van der Waals surface area contributed by atoms with E-state index in [1.54, 1.807) is 0 Å². The van der Waals surface area contributed by atoms with E-state index < -0.39 is 0 Å². The molecule has 1 rings (SSSR count). The van der Waals surface area contributed by atoms with Crippen molar-refractivity contribution in [2.75, 3.05) is 0 Å². The molecule has 0 N–H and O–H groups in total. The van der Waals surface area contributed by atoms with Gasteiger partial charge in [0.25, 0.3) is 0 Å². The topological polar surface area (TPSA) is 12.9 Å².